The number of carbonyl (C=O) groups excluding carboxylic acids is 1. The Morgan fingerprint density at radius 3 is 2.00 bits per heavy atom. The van der Waals surface area contributed by atoms with Crippen LogP contribution in [0.15, 0.2) is 46.9 Å². The number of hydrogen-bond donors (Lipinski definition) is 0. The predicted molar refractivity (Wildman–Crippen MR) is 63.9 cm³/mol. The molecule has 0 saturated heterocycles. The fourth-order valence-electron chi connectivity index (χ4n) is 1.44. The molecule has 0 aliphatic rings. The number of ketones is 1. The van der Waals surface area contributed by atoms with Gasteiger partial charge in [0.05, 0.1) is 4.47 Å². The molecule has 0 spiro atoms. The van der Waals surface area contributed by atoms with Crippen molar-refractivity contribution < 1.29 is 13.6 Å². The van der Waals surface area contributed by atoms with Gasteiger partial charge in [0.25, 0.3) is 0 Å². The van der Waals surface area contributed by atoms with Crippen molar-refractivity contribution in [2.75, 3.05) is 0 Å². The molecular weight excluding hydrogens is 290 g/mol. The highest BCUT2D eigenvalue weighted by Crippen LogP contribution is 2.22. The molecule has 2 aromatic rings. The Kier molecular flexibility index (Phi) is 3.33. The standard InChI is InChI=1S/C13H7BrF2O/c14-12-10(15)6-9(7-11(12)16)13(17)8-4-2-1-3-5-8/h1-7H. The summed E-state index contributed by atoms with van der Waals surface area (Å²) in [5.41, 5.74) is 0.392. The summed E-state index contributed by atoms with van der Waals surface area (Å²) >= 11 is 2.76. The second-order valence-electron chi connectivity index (χ2n) is 3.45. The van der Waals surface area contributed by atoms with Crippen molar-refractivity contribution in [1.29, 1.82) is 0 Å². The maximum atomic E-state index is 13.3. The molecule has 0 amide bonds. The van der Waals surface area contributed by atoms with Crippen LogP contribution in [0.2, 0.25) is 0 Å². The Labute approximate surface area is 105 Å². The van der Waals surface area contributed by atoms with Crippen LogP contribution in [-0.2, 0) is 0 Å². The molecule has 1 nitrogen and oxygen atoms in total. The number of rotatable bonds is 2. The fraction of sp³-hybridized carbons (Fsp3) is 0. The molecule has 2 aromatic carbocycles. The van der Waals surface area contributed by atoms with Gasteiger partial charge in [0.2, 0.25) is 0 Å². The first kappa shape index (κ1) is 11.9. The summed E-state index contributed by atoms with van der Waals surface area (Å²) < 4.78 is 26.3. The van der Waals surface area contributed by atoms with Crippen LogP contribution in [0.25, 0.3) is 0 Å². The topological polar surface area (TPSA) is 17.1 Å². The van der Waals surface area contributed by atoms with Crippen molar-refractivity contribution in [3.63, 3.8) is 0 Å². The number of halogens is 3. The van der Waals surface area contributed by atoms with E-state index in [0.717, 1.165) is 12.1 Å². The number of hydrogen-bond acceptors (Lipinski definition) is 1. The fourth-order valence-corrected chi connectivity index (χ4v) is 1.67. The molecule has 4 heteroatoms. The molecule has 86 valence electrons. The summed E-state index contributed by atoms with van der Waals surface area (Å²) in [6.45, 7) is 0. The summed E-state index contributed by atoms with van der Waals surface area (Å²) in [5, 5.41) is 0. The molecule has 0 aliphatic carbocycles. The van der Waals surface area contributed by atoms with Gasteiger partial charge in [0.1, 0.15) is 11.6 Å². The van der Waals surface area contributed by atoms with Gasteiger partial charge < -0.3 is 0 Å². The summed E-state index contributed by atoms with van der Waals surface area (Å²) in [6, 6.07) is 10.4. The van der Waals surface area contributed by atoms with Gasteiger partial charge in [-0.3, -0.25) is 4.79 Å². The predicted octanol–water partition coefficient (Wildman–Crippen LogP) is 3.96. The molecule has 17 heavy (non-hydrogen) atoms. The molecule has 0 heterocycles. The molecule has 0 bridgehead atoms. The molecule has 0 aliphatic heterocycles. The van der Waals surface area contributed by atoms with Gasteiger partial charge in [0, 0.05) is 11.1 Å². The van der Waals surface area contributed by atoms with Crippen molar-refractivity contribution in [1.82, 2.24) is 0 Å². The lowest BCUT2D eigenvalue weighted by Gasteiger charge is -2.03. The smallest absolute Gasteiger partial charge is 0.193 e. The SMILES string of the molecule is O=C(c1ccccc1)c1cc(F)c(Br)c(F)c1. The summed E-state index contributed by atoms with van der Waals surface area (Å²) in [4.78, 5) is 11.9. The zero-order chi connectivity index (χ0) is 12.4. The van der Waals surface area contributed by atoms with Gasteiger partial charge in [-0.05, 0) is 28.1 Å². The Bertz CT molecular complexity index is 544. The van der Waals surface area contributed by atoms with Gasteiger partial charge in [0.15, 0.2) is 5.78 Å². The van der Waals surface area contributed by atoms with Crippen LogP contribution >= 0.6 is 15.9 Å². The highest BCUT2D eigenvalue weighted by atomic mass is 79.9. The van der Waals surface area contributed by atoms with Crippen LogP contribution in [0.5, 0.6) is 0 Å². The lowest BCUT2D eigenvalue weighted by Crippen LogP contribution is -2.03. The zero-order valence-electron chi connectivity index (χ0n) is 8.58. The highest BCUT2D eigenvalue weighted by molar-refractivity contribution is 9.10. The molecular formula is C13H7BrF2O. The van der Waals surface area contributed by atoms with E-state index in [0.29, 0.717) is 5.56 Å². The molecule has 0 radical (unpaired) electrons. The number of benzene rings is 2. The van der Waals surface area contributed by atoms with E-state index in [9.17, 15) is 13.6 Å². The lowest BCUT2D eigenvalue weighted by atomic mass is 10.0. The molecule has 0 atom stereocenters. The van der Waals surface area contributed by atoms with E-state index < -0.39 is 17.4 Å². The van der Waals surface area contributed by atoms with E-state index in [1.165, 1.54) is 0 Å². The summed E-state index contributed by atoms with van der Waals surface area (Å²) in [7, 11) is 0. The Morgan fingerprint density at radius 1 is 0.941 bits per heavy atom. The largest absolute Gasteiger partial charge is 0.289 e. The van der Waals surface area contributed by atoms with Crippen molar-refractivity contribution in [2.45, 2.75) is 0 Å². The molecule has 0 saturated carbocycles. The molecule has 0 aromatic heterocycles. The van der Waals surface area contributed by atoms with Crippen molar-refractivity contribution >= 4 is 21.7 Å². The van der Waals surface area contributed by atoms with Gasteiger partial charge >= 0.3 is 0 Å². The van der Waals surface area contributed by atoms with Crippen LogP contribution in [0, 0.1) is 11.6 Å². The van der Waals surface area contributed by atoms with E-state index in [4.69, 9.17) is 0 Å². The second kappa shape index (κ2) is 4.75. The Balaban J connectivity index is 2.45. The van der Waals surface area contributed by atoms with E-state index in [-0.39, 0.29) is 10.0 Å². The van der Waals surface area contributed by atoms with E-state index in [1.807, 2.05) is 0 Å². The van der Waals surface area contributed by atoms with Gasteiger partial charge in [-0.1, -0.05) is 30.3 Å². The first-order valence-corrected chi connectivity index (χ1v) is 5.63. The summed E-state index contributed by atoms with van der Waals surface area (Å²) in [5.74, 6) is -1.98. The van der Waals surface area contributed by atoms with Crippen LogP contribution < -0.4 is 0 Å². The second-order valence-corrected chi connectivity index (χ2v) is 4.24. The van der Waals surface area contributed by atoms with Crippen LogP contribution in [0.1, 0.15) is 15.9 Å². The minimum Gasteiger partial charge on any atom is -0.289 e. The highest BCUT2D eigenvalue weighted by Gasteiger charge is 2.14. The Morgan fingerprint density at radius 2 is 1.47 bits per heavy atom. The molecule has 0 N–H and O–H groups in total. The van der Waals surface area contributed by atoms with E-state index >= 15 is 0 Å². The van der Waals surface area contributed by atoms with Gasteiger partial charge in [-0.25, -0.2) is 8.78 Å². The van der Waals surface area contributed by atoms with Gasteiger partial charge in [-0.15, -0.1) is 0 Å². The third kappa shape index (κ3) is 2.42. The van der Waals surface area contributed by atoms with Crippen molar-refractivity contribution in [3.05, 3.63) is 69.7 Å². The van der Waals surface area contributed by atoms with Crippen LogP contribution in [0.3, 0.4) is 0 Å². The molecule has 0 fully saturated rings. The molecule has 0 unspecified atom stereocenters. The average Bonchev–Trinajstić information content (AvgIpc) is 2.35. The average molecular weight is 297 g/mol. The van der Waals surface area contributed by atoms with Crippen LogP contribution in [0.4, 0.5) is 8.78 Å². The van der Waals surface area contributed by atoms with E-state index in [1.54, 1.807) is 30.3 Å². The normalized spacial score (nSPS) is 10.3. The van der Waals surface area contributed by atoms with Gasteiger partial charge in [-0.2, -0.15) is 0 Å². The first-order chi connectivity index (χ1) is 8.09. The zero-order valence-corrected chi connectivity index (χ0v) is 10.2. The van der Waals surface area contributed by atoms with Crippen LogP contribution in [-0.4, -0.2) is 5.78 Å². The molecule has 2 rings (SSSR count). The van der Waals surface area contributed by atoms with Crippen molar-refractivity contribution in [3.8, 4) is 0 Å². The first-order valence-electron chi connectivity index (χ1n) is 4.84. The minimum absolute atomic E-state index is 0.00519. The number of carbonyl (C=O) groups is 1. The third-order valence-electron chi connectivity index (χ3n) is 2.28. The maximum Gasteiger partial charge on any atom is 0.193 e. The van der Waals surface area contributed by atoms with E-state index in [2.05, 4.69) is 15.9 Å². The summed E-state index contributed by atoms with van der Waals surface area (Å²) in [6.07, 6.45) is 0. The minimum atomic E-state index is -0.788. The monoisotopic (exact) mass is 296 g/mol. The third-order valence-corrected chi connectivity index (χ3v) is 3.04. The Hall–Kier alpha value is -1.55. The lowest BCUT2D eigenvalue weighted by molar-refractivity contribution is 0.103. The quantitative estimate of drug-likeness (QED) is 0.606. The van der Waals surface area contributed by atoms with Crippen molar-refractivity contribution in [2.24, 2.45) is 0 Å². The maximum absolute atomic E-state index is 13.3.